The van der Waals surface area contributed by atoms with Crippen molar-refractivity contribution < 1.29 is 13.7 Å². The van der Waals surface area contributed by atoms with E-state index in [-0.39, 0.29) is 0 Å². The molecule has 4 nitrogen and oxygen atoms in total. The van der Waals surface area contributed by atoms with Gasteiger partial charge in [0.1, 0.15) is 0 Å². The minimum absolute atomic E-state index is 0.621. The first-order valence-corrected chi connectivity index (χ1v) is 7.70. The molecule has 1 N–H and O–H groups in total. The Kier molecular flexibility index (Phi) is 6.75. The third kappa shape index (κ3) is 5.06. The molecule has 0 aliphatic rings. The van der Waals surface area contributed by atoms with Crippen LogP contribution in [0.2, 0.25) is 0 Å². The molecule has 0 aromatic heterocycles. The van der Waals surface area contributed by atoms with Crippen LogP contribution in [0.4, 0.5) is 0 Å². The van der Waals surface area contributed by atoms with Crippen molar-refractivity contribution in [2.24, 2.45) is 0 Å². The van der Waals surface area contributed by atoms with E-state index in [1.807, 2.05) is 25.1 Å². The predicted molar refractivity (Wildman–Crippen MR) is 74.8 cm³/mol. The molecule has 1 aromatic rings. The fourth-order valence-corrected chi connectivity index (χ4v) is 1.98. The van der Waals surface area contributed by atoms with Crippen LogP contribution in [0.1, 0.15) is 12.5 Å². The highest BCUT2D eigenvalue weighted by Crippen LogP contribution is 2.27. The summed E-state index contributed by atoms with van der Waals surface area (Å²) in [4.78, 5) is 0. The van der Waals surface area contributed by atoms with Gasteiger partial charge >= 0.3 is 0 Å². The van der Waals surface area contributed by atoms with Gasteiger partial charge in [0.25, 0.3) is 0 Å². The van der Waals surface area contributed by atoms with Crippen LogP contribution in [0.15, 0.2) is 18.2 Å². The maximum absolute atomic E-state index is 10.9. The molecule has 1 unspecified atom stereocenters. The third-order valence-electron chi connectivity index (χ3n) is 2.42. The molecule has 1 atom stereocenters. The number of ether oxygens (including phenoxy) is 2. The second kappa shape index (κ2) is 8.11. The van der Waals surface area contributed by atoms with E-state index < -0.39 is 10.8 Å². The van der Waals surface area contributed by atoms with Gasteiger partial charge in [0.2, 0.25) is 0 Å². The van der Waals surface area contributed by atoms with Crippen LogP contribution in [-0.4, -0.2) is 36.5 Å². The molecule has 0 heterocycles. The third-order valence-corrected chi connectivity index (χ3v) is 3.20. The zero-order chi connectivity index (χ0) is 13.4. The maximum atomic E-state index is 10.9. The first kappa shape index (κ1) is 15.0. The first-order chi connectivity index (χ1) is 8.67. The van der Waals surface area contributed by atoms with E-state index in [2.05, 4.69) is 5.32 Å². The van der Waals surface area contributed by atoms with E-state index in [1.54, 1.807) is 13.4 Å². The molecular formula is C13H21NO3S. The standard InChI is InChI=1S/C13H21NO3S/c1-4-17-12-6-5-11(9-13(12)16-2)10-14-7-8-18(3)15/h5-6,9,14H,4,7-8,10H2,1-3H3. The van der Waals surface area contributed by atoms with E-state index in [0.29, 0.717) is 12.4 Å². The lowest BCUT2D eigenvalue weighted by Gasteiger charge is -2.11. The van der Waals surface area contributed by atoms with Crippen LogP contribution in [0.5, 0.6) is 11.5 Å². The number of hydrogen-bond donors (Lipinski definition) is 1. The van der Waals surface area contributed by atoms with E-state index in [1.165, 1.54) is 0 Å². The zero-order valence-electron chi connectivity index (χ0n) is 11.2. The second-order valence-electron chi connectivity index (χ2n) is 3.87. The van der Waals surface area contributed by atoms with Gasteiger partial charge in [0, 0.05) is 35.9 Å². The zero-order valence-corrected chi connectivity index (χ0v) is 12.0. The van der Waals surface area contributed by atoms with Crippen LogP contribution in [0.3, 0.4) is 0 Å². The smallest absolute Gasteiger partial charge is 0.161 e. The topological polar surface area (TPSA) is 47.6 Å². The Labute approximate surface area is 111 Å². The van der Waals surface area contributed by atoms with Crippen molar-refractivity contribution in [1.82, 2.24) is 5.32 Å². The second-order valence-corrected chi connectivity index (χ2v) is 5.43. The fourth-order valence-electron chi connectivity index (χ4n) is 1.55. The molecule has 0 saturated heterocycles. The van der Waals surface area contributed by atoms with Gasteiger partial charge in [-0.1, -0.05) is 6.07 Å². The molecule has 0 aliphatic heterocycles. The molecule has 5 heteroatoms. The summed E-state index contributed by atoms with van der Waals surface area (Å²) < 4.78 is 21.6. The lowest BCUT2D eigenvalue weighted by Crippen LogP contribution is -2.19. The van der Waals surface area contributed by atoms with Gasteiger partial charge in [-0.25, -0.2) is 0 Å². The van der Waals surface area contributed by atoms with Gasteiger partial charge in [-0.05, 0) is 24.6 Å². The van der Waals surface area contributed by atoms with Crippen molar-refractivity contribution in [1.29, 1.82) is 0 Å². The number of methoxy groups -OCH3 is 1. The molecule has 0 saturated carbocycles. The first-order valence-electron chi connectivity index (χ1n) is 5.97. The van der Waals surface area contributed by atoms with E-state index in [0.717, 1.165) is 30.2 Å². The lowest BCUT2D eigenvalue weighted by atomic mass is 10.2. The molecule has 0 spiro atoms. The van der Waals surface area contributed by atoms with Crippen molar-refractivity contribution in [2.75, 3.05) is 32.3 Å². The Hall–Kier alpha value is -1.07. The average molecular weight is 271 g/mol. The average Bonchev–Trinajstić information content (AvgIpc) is 2.36. The van der Waals surface area contributed by atoms with Crippen molar-refractivity contribution in [3.63, 3.8) is 0 Å². The molecule has 0 aliphatic carbocycles. The molecule has 102 valence electrons. The summed E-state index contributed by atoms with van der Waals surface area (Å²) in [6, 6.07) is 5.88. The SMILES string of the molecule is CCOc1ccc(CNCCS(C)=O)cc1OC. The summed E-state index contributed by atoms with van der Waals surface area (Å²) in [6.45, 7) is 4.05. The Balaban J connectivity index is 2.53. The Morgan fingerprint density at radius 1 is 1.33 bits per heavy atom. The minimum atomic E-state index is -0.743. The van der Waals surface area contributed by atoms with Gasteiger partial charge in [-0.2, -0.15) is 0 Å². The molecule has 18 heavy (non-hydrogen) atoms. The molecule has 0 bridgehead atoms. The number of hydrogen-bond acceptors (Lipinski definition) is 4. The highest BCUT2D eigenvalue weighted by Gasteiger charge is 2.04. The van der Waals surface area contributed by atoms with Crippen molar-refractivity contribution in [2.45, 2.75) is 13.5 Å². The summed E-state index contributed by atoms with van der Waals surface area (Å²) in [7, 11) is 0.891. The summed E-state index contributed by atoms with van der Waals surface area (Å²) in [5.41, 5.74) is 1.12. The minimum Gasteiger partial charge on any atom is -0.493 e. The Morgan fingerprint density at radius 3 is 2.72 bits per heavy atom. The summed E-state index contributed by atoms with van der Waals surface area (Å²) in [6.07, 6.45) is 1.71. The van der Waals surface area contributed by atoms with E-state index >= 15 is 0 Å². The normalized spacial score (nSPS) is 12.2. The lowest BCUT2D eigenvalue weighted by molar-refractivity contribution is 0.310. The highest BCUT2D eigenvalue weighted by molar-refractivity contribution is 7.84. The Morgan fingerprint density at radius 2 is 2.11 bits per heavy atom. The summed E-state index contributed by atoms with van der Waals surface area (Å²) in [5.74, 6) is 2.18. The van der Waals surface area contributed by atoms with Gasteiger partial charge in [0.15, 0.2) is 11.5 Å². The van der Waals surface area contributed by atoms with Crippen LogP contribution in [0, 0.1) is 0 Å². The van der Waals surface area contributed by atoms with Crippen LogP contribution >= 0.6 is 0 Å². The van der Waals surface area contributed by atoms with Gasteiger partial charge in [0.05, 0.1) is 13.7 Å². The molecule has 0 radical (unpaired) electrons. The van der Waals surface area contributed by atoms with Crippen molar-refractivity contribution in [3.8, 4) is 11.5 Å². The number of rotatable bonds is 8. The molecule has 0 amide bonds. The molecular weight excluding hydrogens is 250 g/mol. The predicted octanol–water partition coefficient (Wildman–Crippen LogP) is 1.56. The Bertz CT molecular complexity index is 396. The highest BCUT2D eigenvalue weighted by atomic mass is 32.2. The quantitative estimate of drug-likeness (QED) is 0.729. The molecule has 1 aromatic carbocycles. The van der Waals surface area contributed by atoms with E-state index in [9.17, 15) is 4.21 Å². The van der Waals surface area contributed by atoms with Gasteiger partial charge in [-0.3, -0.25) is 4.21 Å². The van der Waals surface area contributed by atoms with Gasteiger partial charge in [-0.15, -0.1) is 0 Å². The van der Waals surface area contributed by atoms with Crippen LogP contribution < -0.4 is 14.8 Å². The maximum Gasteiger partial charge on any atom is 0.161 e. The van der Waals surface area contributed by atoms with E-state index in [4.69, 9.17) is 9.47 Å². The largest absolute Gasteiger partial charge is 0.493 e. The van der Waals surface area contributed by atoms with Crippen molar-refractivity contribution in [3.05, 3.63) is 23.8 Å². The monoisotopic (exact) mass is 271 g/mol. The van der Waals surface area contributed by atoms with Crippen LogP contribution in [0.25, 0.3) is 0 Å². The fraction of sp³-hybridized carbons (Fsp3) is 0.538. The summed E-state index contributed by atoms with van der Waals surface area (Å²) >= 11 is 0. The van der Waals surface area contributed by atoms with Crippen LogP contribution in [-0.2, 0) is 17.3 Å². The van der Waals surface area contributed by atoms with Crippen molar-refractivity contribution >= 4 is 10.8 Å². The number of benzene rings is 1. The summed E-state index contributed by atoms with van der Waals surface area (Å²) in [5, 5.41) is 3.25. The van der Waals surface area contributed by atoms with Gasteiger partial charge < -0.3 is 14.8 Å². The molecule has 0 fully saturated rings. The number of nitrogens with one attached hydrogen (secondary N) is 1. The molecule has 1 rings (SSSR count).